The van der Waals surface area contributed by atoms with Crippen LogP contribution in [0.25, 0.3) is 0 Å². The van der Waals surface area contributed by atoms with Crippen LogP contribution in [0.1, 0.15) is 32.6 Å². The van der Waals surface area contributed by atoms with Crippen LogP contribution in [0, 0.1) is 5.41 Å². The Morgan fingerprint density at radius 3 is 2.81 bits per heavy atom. The first-order valence-electron chi connectivity index (χ1n) is 5.81. The highest BCUT2D eigenvalue weighted by Gasteiger charge is 2.42. The summed E-state index contributed by atoms with van der Waals surface area (Å²) in [5.74, 6) is 0.697. The van der Waals surface area contributed by atoms with Gasteiger partial charge in [-0.15, -0.1) is 0 Å². The van der Waals surface area contributed by atoms with Crippen LogP contribution in [0.3, 0.4) is 0 Å². The van der Waals surface area contributed by atoms with E-state index < -0.39 is 16.2 Å². The zero-order valence-electron chi connectivity index (χ0n) is 10.1. The summed E-state index contributed by atoms with van der Waals surface area (Å²) >= 11 is 0. The maximum atomic E-state index is 12.0. The molecule has 94 valence electrons. The van der Waals surface area contributed by atoms with E-state index in [0.717, 1.165) is 25.7 Å². The van der Waals surface area contributed by atoms with Crippen molar-refractivity contribution in [3.8, 4) is 0 Å². The molecule has 1 rings (SSSR count). The molecule has 0 bridgehead atoms. The number of hydrogen-bond acceptors (Lipinski definition) is 3. The van der Waals surface area contributed by atoms with Gasteiger partial charge in [0.05, 0.1) is 5.41 Å². The van der Waals surface area contributed by atoms with Crippen LogP contribution in [0.2, 0.25) is 0 Å². The van der Waals surface area contributed by atoms with Crippen LogP contribution < -0.4 is 11.1 Å². The zero-order valence-corrected chi connectivity index (χ0v) is 10.9. The molecular formula is C11H22N2O2S. The molecule has 4 nitrogen and oxygen atoms in total. The second-order valence-corrected chi connectivity index (χ2v) is 6.36. The molecular weight excluding hydrogens is 224 g/mol. The lowest BCUT2D eigenvalue weighted by Gasteiger charge is -2.27. The molecule has 1 fully saturated rings. The highest BCUT2D eigenvalue weighted by Crippen LogP contribution is 2.36. The molecule has 16 heavy (non-hydrogen) atoms. The number of rotatable bonds is 5. The molecule has 3 atom stereocenters. The van der Waals surface area contributed by atoms with Crippen molar-refractivity contribution in [1.29, 1.82) is 0 Å². The van der Waals surface area contributed by atoms with Gasteiger partial charge in [0.2, 0.25) is 5.91 Å². The summed E-state index contributed by atoms with van der Waals surface area (Å²) in [5.41, 5.74) is 5.56. The van der Waals surface area contributed by atoms with E-state index in [1.807, 2.05) is 6.92 Å². The molecule has 0 spiro atoms. The molecule has 0 aromatic rings. The van der Waals surface area contributed by atoms with E-state index in [1.54, 1.807) is 6.26 Å². The summed E-state index contributed by atoms with van der Waals surface area (Å²) in [6, 6.07) is -0.0205. The third-order valence-electron chi connectivity index (χ3n) is 3.44. The summed E-state index contributed by atoms with van der Waals surface area (Å²) in [4.78, 5) is 12.0. The van der Waals surface area contributed by atoms with Gasteiger partial charge in [-0.25, -0.2) is 0 Å². The van der Waals surface area contributed by atoms with Gasteiger partial charge in [0.1, 0.15) is 0 Å². The Balaban J connectivity index is 2.32. The van der Waals surface area contributed by atoms with Crippen LogP contribution in [0.15, 0.2) is 0 Å². The van der Waals surface area contributed by atoms with Gasteiger partial charge >= 0.3 is 0 Å². The minimum atomic E-state index is -0.776. The number of nitrogens with one attached hydrogen (secondary N) is 1. The molecule has 1 saturated carbocycles. The quantitative estimate of drug-likeness (QED) is 0.689. The fraction of sp³-hybridized carbons (Fsp3) is 0.909. The fourth-order valence-electron chi connectivity index (χ4n) is 2.15. The summed E-state index contributed by atoms with van der Waals surface area (Å²) in [5, 5.41) is 2.90. The topological polar surface area (TPSA) is 72.2 Å². The number of amides is 1. The van der Waals surface area contributed by atoms with Crippen molar-refractivity contribution in [3.63, 3.8) is 0 Å². The Morgan fingerprint density at radius 1 is 1.62 bits per heavy atom. The number of carbonyl (C=O) groups excluding carboxylic acids is 1. The van der Waals surface area contributed by atoms with Crippen molar-refractivity contribution in [2.75, 3.05) is 18.6 Å². The Hall–Kier alpha value is -0.420. The number of nitrogens with two attached hydrogens (primary N) is 1. The molecule has 0 aliphatic heterocycles. The Kier molecular flexibility index (Phi) is 4.92. The maximum Gasteiger partial charge on any atom is 0.227 e. The van der Waals surface area contributed by atoms with Crippen molar-refractivity contribution < 1.29 is 9.00 Å². The SMILES string of the molecule is CS(=O)CCCNC(=O)C1(C)CCCC1N. The smallest absolute Gasteiger partial charge is 0.227 e. The number of hydrogen-bond donors (Lipinski definition) is 2. The summed E-state index contributed by atoms with van der Waals surface area (Å²) in [6.45, 7) is 2.54. The zero-order chi connectivity index (χ0) is 12.2. The lowest BCUT2D eigenvalue weighted by Crippen LogP contribution is -2.47. The Morgan fingerprint density at radius 2 is 2.31 bits per heavy atom. The van der Waals surface area contributed by atoms with Crippen LogP contribution in [0.5, 0.6) is 0 Å². The van der Waals surface area contributed by atoms with E-state index in [1.165, 1.54) is 0 Å². The molecule has 0 aromatic carbocycles. The van der Waals surface area contributed by atoms with Gasteiger partial charge in [-0.05, 0) is 26.2 Å². The predicted molar refractivity (Wildman–Crippen MR) is 66.5 cm³/mol. The second-order valence-electron chi connectivity index (χ2n) is 4.80. The first-order chi connectivity index (χ1) is 7.47. The molecule has 0 aromatic heterocycles. The van der Waals surface area contributed by atoms with Gasteiger partial charge in [0, 0.05) is 35.4 Å². The van der Waals surface area contributed by atoms with Gasteiger partial charge in [-0.3, -0.25) is 9.00 Å². The minimum Gasteiger partial charge on any atom is -0.356 e. The molecule has 0 radical (unpaired) electrons. The maximum absolute atomic E-state index is 12.0. The van der Waals surface area contributed by atoms with Crippen LogP contribution >= 0.6 is 0 Å². The normalized spacial score (nSPS) is 31.3. The van der Waals surface area contributed by atoms with Crippen LogP contribution in [-0.2, 0) is 15.6 Å². The van der Waals surface area contributed by atoms with Gasteiger partial charge < -0.3 is 11.1 Å². The lowest BCUT2D eigenvalue weighted by molar-refractivity contribution is -0.130. The predicted octanol–water partition coefficient (Wildman–Crippen LogP) is 0.389. The van der Waals surface area contributed by atoms with E-state index in [2.05, 4.69) is 5.32 Å². The molecule has 1 aliphatic rings. The van der Waals surface area contributed by atoms with E-state index in [4.69, 9.17) is 5.73 Å². The largest absolute Gasteiger partial charge is 0.356 e. The van der Waals surface area contributed by atoms with E-state index in [-0.39, 0.29) is 11.9 Å². The van der Waals surface area contributed by atoms with E-state index in [0.29, 0.717) is 12.3 Å². The summed E-state index contributed by atoms with van der Waals surface area (Å²) < 4.78 is 10.8. The fourth-order valence-corrected chi connectivity index (χ4v) is 2.71. The van der Waals surface area contributed by atoms with Crippen molar-refractivity contribution in [1.82, 2.24) is 5.32 Å². The van der Waals surface area contributed by atoms with Crippen molar-refractivity contribution in [3.05, 3.63) is 0 Å². The molecule has 0 heterocycles. The minimum absolute atomic E-state index is 0.0205. The van der Waals surface area contributed by atoms with E-state index >= 15 is 0 Å². The molecule has 3 unspecified atom stereocenters. The highest BCUT2D eigenvalue weighted by atomic mass is 32.2. The third-order valence-corrected chi connectivity index (χ3v) is 4.31. The average Bonchev–Trinajstić information content (AvgIpc) is 2.55. The Bertz CT molecular complexity index is 283. The van der Waals surface area contributed by atoms with Gasteiger partial charge in [-0.2, -0.15) is 0 Å². The first-order valence-corrected chi connectivity index (χ1v) is 7.53. The summed E-state index contributed by atoms with van der Waals surface area (Å²) in [6.07, 6.45) is 5.28. The molecule has 5 heteroatoms. The third kappa shape index (κ3) is 3.28. The second kappa shape index (κ2) is 5.77. The first kappa shape index (κ1) is 13.6. The van der Waals surface area contributed by atoms with Crippen LogP contribution in [0.4, 0.5) is 0 Å². The monoisotopic (exact) mass is 246 g/mol. The molecule has 3 N–H and O–H groups in total. The molecule has 0 saturated heterocycles. The number of carbonyl (C=O) groups is 1. The van der Waals surface area contributed by atoms with Crippen molar-refractivity contribution in [2.24, 2.45) is 11.1 Å². The van der Waals surface area contributed by atoms with Crippen molar-refractivity contribution >= 4 is 16.7 Å². The Labute approximate surface area is 99.8 Å². The molecule has 1 amide bonds. The van der Waals surface area contributed by atoms with Gasteiger partial charge in [-0.1, -0.05) is 6.42 Å². The highest BCUT2D eigenvalue weighted by molar-refractivity contribution is 7.84. The van der Waals surface area contributed by atoms with Gasteiger partial charge in [0.25, 0.3) is 0 Å². The van der Waals surface area contributed by atoms with E-state index in [9.17, 15) is 9.00 Å². The summed E-state index contributed by atoms with van der Waals surface area (Å²) in [7, 11) is -0.776. The molecule has 1 aliphatic carbocycles. The van der Waals surface area contributed by atoms with Crippen LogP contribution in [-0.4, -0.2) is 34.7 Å². The van der Waals surface area contributed by atoms with Crippen molar-refractivity contribution in [2.45, 2.75) is 38.6 Å². The average molecular weight is 246 g/mol. The standard InChI is InChI=1S/C11H22N2O2S/c1-11(6-3-5-9(11)12)10(14)13-7-4-8-16(2)15/h9H,3-8,12H2,1-2H3,(H,13,14). The van der Waals surface area contributed by atoms with Gasteiger partial charge in [0.15, 0.2) is 0 Å². The lowest BCUT2D eigenvalue weighted by atomic mass is 9.84.